The van der Waals surface area contributed by atoms with Gasteiger partial charge in [-0.2, -0.15) is 0 Å². The van der Waals surface area contributed by atoms with Gasteiger partial charge >= 0.3 is 5.97 Å². The van der Waals surface area contributed by atoms with Crippen molar-refractivity contribution < 1.29 is 14.3 Å². The summed E-state index contributed by atoms with van der Waals surface area (Å²) >= 11 is 0. The second-order valence-corrected chi connectivity index (χ2v) is 4.83. The lowest BCUT2D eigenvalue weighted by molar-refractivity contribution is -0.130. The fourth-order valence-corrected chi connectivity index (χ4v) is 2.29. The predicted octanol–water partition coefficient (Wildman–Crippen LogP) is 4.07. The molecule has 0 bridgehead atoms. The zero-order valence-corrected chi connectivity index (χ0v) is 12.3. The van der Waals surface area contributed by atoms with Crippen LogP contribution >= 0.6 is 0 Å². The average molecular weight is 292 g/mol. The van der Waals surface area contributed by atoms with Gasteiger partial charge < -0.3 is 9.47 Å². The molecule has 0 spiro atoms. The van der Waals surface area contributed by atoms with Crippen LogP contribution in [0.25, 0.3) is 11.8 Å². The summed E-state index contributed by atoms with van der Waals surface area (Å²) in [5.74, 6) is 0.989. The van der Waals surface area contributed by atoms with E-state index < -0.39 is 0 Å². The van der Waals surface area contributed by atoms with Gasteiger partial charge in [0.15, 0.2) is 0 Å². The van der Waals surface area contributed by atoms with Crippen LogP contribution in [0.1, 0.15) is 18.1 Å². The molecule has 3 nitrogen and oxygen atoms in total. The van der Waals surface area contributed by atoms with E-state index >= 15 is 0 Å². The lowest BCUT2D eigenvalue weighted by atomic mass is 10.1. The number of rotatable bonds is 4. The molecule has 110 valence electrons. The van der Waals surface area contributed by atoms with Crippen LogP contribution in [0.15, 0.2) is 66.2 Å². The quantitative estimate of drug-likeness (QED) is 0.629. The van der Waals surface area contributed by atoms with Crippen molar-refractivity contribution in [2.45, 2.75) is 6.92 Å². The van der Waals surface area contributed by atoms with Gasteiger partial charge in [-0.15, -0.1) is 0 Å². The Morgan fingerprint density at radius 3 is 2.55 bits per heavy atom. The molecule has 1 heterocycles. The molecule has 0 atom stereocenters. The number of hydrogen-bond donors (Lipinski definition) is 0. The number of hydrogen-bond acceptors (Lipinski definition) is 3. The van der Waals surface area contributed by atoms with Crippen LogP contribution in [0, 0.1) is 0 Å². The van der Waals surface area contributed by atoms with Crippen molar-refractivity contribution in [1.82, 2.24) is 0 Å². The molecular formula is C19H16O3. The second-order valence-electron chi connectivity index (χ2n) is 4.83. The van der Waals surface area contributed by atoms with E-state index in [0.29, 0.717) is 17.9 Å². The third-order valence-electron chi connectivity index (χ3n) is 3.31. The summed E-state index contributed by atoms with van der Waals surface area (Å²) in [5, 5.41) is 0. The van der Waals surface area contributed by atoms with E-state index in [1.165, 1.54) is 0 Å². The van der Waals surface area contributed by atoms with Crippen molar-refractivity contribution in [3.05, 3.63) is 77.4 Å². The Morgan fingerprint density at radius 1 is 1.05 bits per heavy atom. The molecule has 22 heavy (non-hydrogen) atoms. The molecule has 0 radical (unpaired) electrons. The van der Waals surface area contributed by atoms with Crippen molar-refractivity contribution in [3.63, 3.8) is 0 Å². The van der Waals surface area contributed by atoms with Crippen LogP contribution in [-0.2, 0) is 9.53 Å². The number of ether oxygens (including phenoxy) is 2. The highest BCUT2D eigenvalue weighted by Gasteiger charge is 2.22. The van der Waals surface area contributed by atoms with E-state index in [2.05, 4.69) is 0 Å². The Balaban J connectivity index is 1.95. The van der Waals surface area contributed by atoms with Gasteiger partial charge in [0.1, 0.15) is 11.5 Å². The van der Waals surface area contributed by atoms with Gasteiger partial charge in [-0.3, -0.25) is 0 Å². The molecule has 3 heteroatoms. The Bertz CT molecular complexity index is 742. The van der Waals surface area contributed by atoms with Crippen LogP contribution in [0.2, 0.25) is 0 Å². The number of cyclic esters (lactones) is 1. The highest BCUT2D eigenvalue weighted by molar-refractivity contribution is 6.05. The molecule has 0 fully saturated rings. The van der Waals surface area contributed by atoms with E-state index in [1.54, 1.807) is 12.2 Å². The lowest BCUT2D eigenvalue weighted by Gasteiger charge is -2.06. The highest BCUT2D eigenvalue weighted by atomic mass is 16.5. The smallest absolute Gasteiger partial charge is 0.343 e. The van der Waals surface area contributed by atoms with Crippen LogP contribution < -0.4 is 4.74 Å². The van der Waals surface area contributed by atoms with Crippen LogP contribution in [0.4, 0.5) is 0 Å². The van der Waals surface area contributed by atoms with Crippen molar-refractivity contribution >= 4 is 17.8 Å². The standard InChI is InChI=1S/C19H16O3/c1-2-21-17-11-7-6-10-15(17)12-16-13-18(22-19(16)20)14-8-4-3-5-9-14/h3-13H,2H2,1H3/b16-12-. The molecular weight excluding hydrogens is 276 g/mol. The minimum atomic E-state index is -0.342. The fourth-order valence-electron chi connectivity index (χ4n) is 2.29. The molecule has 1 aliphatic heterocycles. The third kappa shape index (κ3) is 2.93. The molecule has 0 saturated carbocycles. The number of para-hydroxylation sites is 1. The second kappa shape index (κ2) is 6.31. The van der Waals surface area contributed by atoms with Crippen molar-refractivity contribution in [2.24, 2.45) is 0 Å². The number of carbonyl (C=O) groups is 1. The molecule has 0 amide bonds. The summed E-state index contributed by atoms with van der Waals surface area (Å²) in [4.78, 5) is 12.0. The minimum Gasteiger partial charge on any atom is -0.493 e. The van der Waals surface area contributed by atoms with Gasteiger partial charge in [-0.25, -0.2) is 4.79 Å². The summed E-state index contributed by atoms with van der Waals surface area (Å²) in [6.45, 7) is 2.51. The molecule has 2 aromatic rings. The maximum atomic E-state index is 12.0. The molecule has 0 saturated heterocycles. The van der Waals surface area contributed by atoms with Gasteiger partial charge in [0, 0.05) is 11.1 Å². The van der Waals surface area contributed by atoms with Gasteiger partial charge in [0.25, 0.3) is 0 Å². The lowest BCUT2D eigenvalue weighted by Crippen LogP contribution is -1.98. The Kier molecular flexibility index (Phi) is 4.05. The van der Waals surface area contributed by atoms with E-state index in [1.807, 2.05) is 61.5 Å². The zero-order chi connectivity index (χ0) is 15.4. The number of carbonyl (C=O) groups excluding carboxylic acids is 1. The number of benzene rings is 2. The van der Waals surface area contributed by atoms with Gasteiger partial charge in [0.2, 0.25) is 0 Å². The highest BCUT2D eigenvalue weighted by Crippen LogP contribution is 2.29. The van der Waals surface area contributed by atoms with E-state index in [4.69, 9.17) is 9.47 Å². The molecule has 3 rings (SSSR count). The summed E-state index contributed by atoms with van der Waals surface area (Å²) in [7, 11) is 0. The van der Waals surface area contributed by atoms with Crippen LogP contribution in [-0.4, -0.2) is 12.6 Å². The van der Waals surface area contributed by atoms with Crippen molar-refractivity contribution in [3.8, 4) is 5.75 Å². The zero-order valence-electron chi connectivity index (χ0n) is 12.3. The van der Waals surface area contributed by atoms with Gasteiger partial charge in [-0.1, -0.05) is 48.5 Å². The van der Waals surface area contributed by atoms with E-state index in [0.717, 1.165) is 16.9 Å². The Labute approximate surface area is 129 Å². The first-order valence-electron chi connectivity index (χ1n) is 7.21. The average Bonchev–Trinajstić information content (AvgIpc) is 2.91. The van der Waals surface area contributed by atoms with Gasteiger partial charge in [-0.05, 0) is 25.1 Å². The molecule has 0 aromatic heterocycles. The first-order valence-corrected chi connectivity index (χ1v) is 7.21. The predicted molar refractivity (Wildman–Crippen MR) is 86.1 cm³/mol. The first kappa shape index (κ1) is 14.1. The molecule has 1 aliphatic rings. The fraction of sp³-hybridized carbons (Fsp3) is 0.105. The maximum Gasteiger partial charge on any atom is 0.343 e. The molecule has 0 N–H and O–H groups in total. The summed E-state index contributed by atoms with van der Waals surface area (Å²) in [5.41, 5.74) is 2.27. The van der Waals surface area contributed by atoms with E-state index in [-0.39, 0.29) is 5.97 Å². The minimum absolute atomic E-state index is 0.342. The SMILES string of the molecule is CCOc1ccccc1/C=C1/C=C(c2ccccc2)OC1=O. The monoisotopic (exact) mass is 292 g/mol. The first-order chi connectivity index (χ1) is 10.8. The summed E-state index contributed by atoms with van der Waals surface area (Å²) < 4.78 is 10.9. The molecule has 2 aromatic carbocycles. The Morgan fingerprint density at radius 2 is 1.77 bits per heavy atom. The maximum absolute atomic E-state index is 12.0. The summed E-state index contributed by atoms with van der Waals surface area (Å²) in [6, 6.07) is 17.2. The van der Waals surface area contributed by atoms with E-state index in [9.17, 15) is 4.79 Å². The van der Waals surface area contributed by atoms with Crippen molar-refractivity contribution in [1.29, 1.82) is 0 Å². The van der Waals surface area contributed by atoms with Crippen LogP contribution in [0.3, 0.4) is 0 Å². The summed E-state index contributed by atoms with van der Waals surface area (Å²) in [6.07, 6.45) is 3.56. The third-order valence-corrected chi connectivity index (χ3v) is 3.31. The van der Waals surface area contributed by atoms with Gasteiger partial charge in [0.05, 0.1) is 12.2 Å². The van der Waals surface area contributed by atoms with Crippen LogP contribution in [0.5, 0.6) is 5.75 Å². The Hall–Kier alpha value is -2.81. The van der Waals surface area contributed by atoms with Crippen molar-refractivity contribution in [2.75, 3.05) is 6.61 Å². The molecule has 0 unspecified atom stereocenters. The topological polar surface area (TPSA) is 35.5 Å². The molecule has 0 aliphatic carbocycles. The number of esters is 1. The normalized spacial score (nSPS) is 15.6. The largest absolute Gasteiger partial charge is 0.493 e.